The molecule has 1 aliphatic carbocycles. The van der Waals surface area contributed by atoms with Gasteiger partial charge in [0.25, 0.3) is 17.3 Å². The Morgan fingerprint density at radius 2 is 1.69 bits per heavy atom. The highest BCUT2D eigenvalue weighted by Crippen LogP contribution is 2.51. The number of aromatic nitrogens is 1. The fourth-order valence-electron chi connectivity index (χ4n) is 5.23. The number of pyridine rings is 1. The average molecular weight is 586 g/mol. The van der Waals surface area contributed by atoms with Crippen molar-refractivity contribution in [2.24, 2.45) is 5.92 Å². The lowest BCUT2D eigenvalue weighted by atomic mass is 9.81. The molecule has 2 aromatic rings. The van der Waals surface area contributed by atoms with Crippen LogP contribution >= 0.6 is 19.4 Å². The molecule has 0 spiro atoms. The van der Waals surface area contributed by atoms with E-state index in [1.807, 2.05) is 33.8 Å². The van der Waals surface area contributed by atoms with Gasteiger partial charge in [-0.2, -0.15) is 0 Å². The number of carbonyl (C=O) groups excluding carboxylic acids is 1. The van der Waals surface area contributed by atoms with Crippen LogP contribution in [0.3, 0.4) is 0 Å². The molecule has 1 atom stereocenters. The van der Waals surface area contributed by atoms with Gasteiger partial charge in [-0.3, -0.25) is 9.59 Å². The second-order valence-corrected chi connectivity index (χ2v) is 12.0. The molecule has 2 aliphatic rings. The molecule has 1 amide bonds. The Labute approximate surface area is 232 Å². The molecule has 216 valence electrons. The summed E-state index contributed by atoms with van der Waals surface area (Å²) < 4.78 is 21.6. The minimum absolute atomic E-state index is 0.124. The van der Waals surface area contributed by atoms with Gasteiger partial charge in [-0.25, -0.2) is 4.57 Å². The van der Waals surface area contributed by atoms with Gasteiger partial charge in [-0.05, 0) is 78.2 Å². The molecule has 11 nitrogen and oxygen atoms in total. The predicted molar refractivity (Wildman–Crippen MR) is 147 cm³/mol. The molecule has 1 saturated carbocycles. The molecule has 0 bridgehead atoms. The minimum atomic E-state index is -4.64. The van der Waals surface area contributed by atoms with Crippen molar-refractivity contribution in [1.82, 2.24) is 15.2 Å². The SMILES string of the molecule is Cc1cc(C)c(CNC(=O)c2cc(Cl)c3c(c2C)O[C@@](C)([C@H]2CC[C@H](N(C)C)CC2)O3)c(=O)[nH]1.O=P(O)(O)O. The molecule has 0 saturated heterocycles. The van der Waals surface area contributed by atoms with Crippen LogP contribution in [0.2, 0.25) is 5.02 Å². The Bertz CT molecular complexity index is 1330. The number of hydrogen-bond donors (Lipinski definition) is 5. The Balaban J connectivity index is 0.000000771. The first-order chi connectivity index (χ1) is 18.0. The van der Waals surface area contributed by atoms with Crippen molar-refractivity contribution in [1.29, 1.82) is 0 Å². The number of nitrogens with one attached hydrogen (secondary N) is 2. The van der Waals surface area contributed by atoms with E-state index in [1.54, 1.807) is 6.07 Å². The smallest absolute Gasteiger partial charge is 0.448 e. The van der Waals surface area contributed by atoms with Gasteiger partial charge in [0, 0.05) is 47.8 Å². The van der Waals surface area contributed by atoms with Crippen molar-refractivity contribution >= 4 is 25.3 Å². The van der Waals surface area contributed by atoms with E-state index < -0.39 is 13.6 Å². The number of ether oxygens (including phenoxy) is 2. The molecular weight excluding hydrogens is 549 g/mol. The maximum Gasteiger partial charge on any atom is 0.466 e. The number of nitrogens with zero attached hydrogens (tertiary/aromatic N) is 1. The zero-order chi connectivity index (χ0) is 29.3. The van der Waals surface area contributed by atoms with E-state index in [9.17, 15) is 9.59 Å². The van der Waals surface area contributed by atoms with E-state index in [0.29, 0.717) is 39.3 Å². The van der Waals surface area contributed by atoms with Crippen molar-refractivity contribution in [3.05, 3.63) is 55.5 Å². The largest absolute Gasteiger partial charge is 0.466 e. The average Bonchev–Trinajstić information content (AvgIpc) is 3.19. The number of fused-ring (bicyclic) bond motifs is 1. The lowest BCUT2D eigenvalue weighted by Gasteiger charge is -2.39. The number of carbonyl (C=O) groups is 1. The van der Waals surface area contributed by atoms with Crippen LogP contribution in [0.15, 0.2) is 16.9 Å². The summed E-state index contributed by atoms with van der Waals surface area (Å²) >= 11 is 6.56. The Kier molecular flexibility index (Phi) is 9.58. The standard InChI is InChI=1S/C26H34ClN3O4.H3O4P/c1-14-11-15(2)29-25(32)20(14)13-28-24(31)19-12-21(27)23-22(16(19)3)33-26(4,34-23)17-7-9-18(10-8-17)30(5)6;1-5(2,3)4/h11-12,17-18H,7-10,13H2,1-6H3,(H,28,31)(H,29,32);(H3,1,2,3,4)/t17-,18-,26-;/m1./s1. The lowest BCUT2D eigenvalue weighted by Crippen LogP contribution is -2.46. The normalized spacial score (nSPS) is 22.3. The fourth-order valence-corrected chi connectivity index (χ4v) is 5.46. The zero-order valence-electron chi connectivity index (χ0n) is 23.0. The number of halogens is 1. The Hall–Kier alpha value is -2.40. The third-order valence-electron chi connectivity index (χ3n) is 7.38. The molecule has 1 aromatic heterocycles. The van der Waals surface area contributed by atoms with E-state index >= 15 is 0 Å². The van der Waals surface area contributed by atoms with Crippen molar-refractivity contribution in [2.75, 3.05) is 14.1 Å². The molecule has 2 heterocycles. The van der Waals surface area contributed by atoms with Crippen LogP contribution in [0, 0.1) is 26.7 Å². The number of rotatable bonds is 5. The van der Waals surface area contributed by atoms with Crippen LogP contribution in [0.1, 0.15) is 65.3 Å². The number of aromatic amines is 1. The Morgan fingerprint density at radius 1 is 1.13 bits per heavy atom. The van der Waals surface area contributed by atoms with Crippen molar-refractivity contribution in [3.8, 4) is 11.5 Å². The number of aryl methyl sites for hydroxylation is 2. The van der Waals surface area contributed by atoms with Crippen molar-refractivity contribution in [2.45, 2.75) is 71.8 Å². The van der Waals surface area contributed by atoms with Gasteiger partial charge < -0.3 is 39.4 Å². The molecule has 13 heteroatoms. The number of benzene rings is 1. The van der Waals surface area contributed by atoms with E-state index in [-0.39, 0.29) is 23.9 Å². The maximum absolute atomic E-state index is 13.1. The van der Waals surface area contributed by atoms with E-state index in [1.165, 1.54) is 0 Å². The summed E-state index contributed by atoms with van der Waals surface area (Å²) in [6.07, 6.45) is 4.19. The quantitative estimate of drug-likeness (QED) is 0.330. The molecule has 0 radical (unpaired) electrons. The van der Waals surface area contributed by atoms with Gasteiger partial charge in [0.2, 0.25) is 0 Å². The van der Waals surface area contributed by atoms with Crippen LogP contribution < -0.4 is 20.3 Å². The van der Waals surface area contributed by atoms with Crippen LogP contribution in [-0.2, 0) is 11.1 Å². The molecule has 1 aromatic carbocycles. The van der Waals surface area contributed by atoms with Crippen LogP contribution in [0.4, 0.5) is 0 Å². The maximum atomic E-state index is 13.1. The van der Waals surface area contributed by atoms with Gasteiger partial charge in [-0.1, -0.05) is 11.6 Å². The van der Waals surface area contributed by atoms with Crippen LogP contribution in [-0.4, -0.2) is 56.4 Å². The van der Waals surface area contributed by atoms with Crippen LogP contribution in [0.25, 0.3) is 0 Å². The van der Waals surface area contributed by atoms with E-state index in [4.69, 9.17) is 40.3 Å². The first-order valence-corrected chi connectivity index (χ1v) is 14.6. The molecule has 1 fully saturated rings. The van der Waals surface area contributed by atoms with Gasteiger partial charge >= 0.3 is 7.82 Å². The van der Waals surface area contributed by atoms with E-state index in [0.717, 1.165) is 36.9 Å². The van der Waals surface area contributed by atoms with E-state index in [2.05, 4.69) is 29.3 Å². The highest BCUT2D eigenvalue weighted by Gasteiger charge is 2.47. The summed E-state index contributed by atoms with van der Waals surface area (Å²) in [7, 11) is -0.395. The number of H-pyrrole nitrogens is 1. The van der Waals surface area contributed by atoms with Crippen molar-refractivity contribution < 1.29 is 33.5 Å². The topological polar surface area (TPSA) is 161 Å². The molecule has 39 heavy (non-hydrogen) atoms. The van der Waals surface area contributed by atoms with Crippen LogP contribution in [0.5, 0.6) is 11.5 Å². The summed E-state index contributed by atoms with van der Waals surface area (Å²) in [6, 6.07) is 4.09. The predicted octanol–water partition coefficient (Wildman–Crippen LogP) is 3.56. The van der Waals surface area contributed by atoms with Gasteiger partial charge in [0.15, 0.2) is 11.5 Å². The molecular formula is C26H37ClN3O8P. The number of hydrogen-bond acceptors (Lipinski definition) is 6. The fraction of sp³-hybridized carbons (Fsp3) is 0.538. The number of phosphoric acid groups is 1. The third kappa shape index (κ3) is 7.63. The molecule has 5 N–H and O–H groups in total. The third-order valence-corrected chi connectivity index (χ3v) is 7.66. The first kappa shape index (κ1) is 31.1. The molecule has 1 aliphatic heterocycles. The summed E-state index contributed by atoms with van der Waals surface area (Å²) in [6.45, 7) is 7.62. The summed E-state index contributed by atoms with van der Waals surface area (Å²) in [5, 5.41) is 3.20. The summed E-state index contributed by atoms with van der Waals surface area (Å²) in [5.41, 5.74) is 3.05. The summed E-state index contributed by atoms with van der Waals surface area (Å²) in [4.78, 5) is 52.0. The monoisotopic (exact) mass is 585 g/mol. The second kappa shape index (κ2) is 12.0. The highest BCUT2D eigenvalue weighted by molar-refractivity contribution is 7.45. The highest BCUT2D eigenvalue weighted by atomic mass is 35.5. The summed E-state index contributed by atoms with van der Waals surface area (Å²) in [5.74, 6) is 0.137. The van der Waals surface area contributed by atoms with Crippen molar-refractivity contribution in [3.63, 3.8) is 0 Å². The second-order valence-electron chi connectivity index (χ2n) is 10.5. The van der Waals surface area contributed by atoms with Gasteiger partial charge in [-0.15, -0.1) is 0 Å². The zero-order valence-corrected chi connectivity index (χ0v) is 24.7. The molecule has 4 rings (SSSR count). The lowest BCUT2D eigenvalue weighted by molar-refractivity contribution is -0.123. The van der Waals surface area contributed by atoms with Gasteiger partial charge in [0.05, 0.1) is 5.02 Å². The first-order valence-electron chi connectivity index (χ1n) is 12.6. The number of amides is 1. The van der Waals surface area contributed by atoms with Gasteiger partial charge in [0.1, 0.15) is 0 Å². The minimum Gasteiger partial charge on any atom is -0.448 e. The Morgan fingerprint density at radius 3 is 2.23 bits per heavy atom. The molecule has 0 unspecified atom stereocenters.